The average molecular weight is 356 g/mol. The van der Waals surface area contributed by atoms with Gasteiger partial charge in [0.25, 0.3) is 5.91 Å². The van der Waals surface area contributed by atoms with Gasteiger partial charge in [0.1, 0.15) is 5.56 Å². The molecule has 0 aliphatic carbocycles. The summed E-state index contributed by atoms with van der Waals surface area (Å²) in [5, 5.41) is 4.42. The number of amides is 1. The number of carbonyl (C=O) groups is 1. The molecule has 2 aromatic heterocycles. The summed E-state index contributed by atoms with van der Waals surface area (Å²) in [6.07, 6.45) is 4.14. The van der Waals surface area contributed by atoms with E-state index in [2.05, 4.69) is 22.2 Å². The molecule has 0 bridgehead atoms. The van der Waals surface area contributed by atoms with Crippen LogP contribution in [0.2, 0.25) is 0 Å². The first-order valence-electron chi connectivity index (χ1n) is 8.91. The zero-order valence-electron chi connectivity index (χ0n) is 15.1. The summed E-state index contributed by atoms with van der Waals surface area (Å²) in [4.78, 5) is 19.0. The van der Waals surface area contributed by atoms with Crippen LogP contribution in [0.4, 0.5) is 0 Å². The van der Waals surface area contributed by atoms with Crippen LogP contribution in [0.15, 0.2) is 79.1 Å². The summed E-state index contributed by atoms with van der Waals surface area (Å²) in [5.74, 6) is -0.0707. The number of benzene rings is 2. The number of carbonyl (C=O) groups excluding carboxylic acids is 1. The second kappa shape index (κ2) is 7.41. The van der Waals surface area contributed by atoms with Gasteiger partial charge in [-0.1, -0.05) is 60.7 Å². The molecule has 0 N–H and O–H groups in total. The Kier molecular flexibility index (Phi) is 4.66. The van der Waals surface area contributed by atoms with Crippen molar-refractivity contribution in [2.75, 3.05) is 13.6 Å². The molecular formula is C22H20N4O. The van der Waals surface area contributed by atoms with E-state index >= 15 is 0 Å². The normalized spacial score (nSPS) is 10.9. The summed E-state index contributed by atoms with van der Waals surface area (Å²) in [6, 6.07) is 22.0. The maximum Gasteiger partial charge on any atom is 0.259 e. The van der Waals surface area contributed by atoms with E-state index < -0.39 is 0 Å². The molecule has 5 heteroatoms. The number of hydrogen-bond acceptors (Lipinski definition) is 3. The minimum Gasteiger partial charge on any atom is -0.341 e. The van der Waals surface area contributed by atoms with Gasteiger partial charge in [-0.25, -0.2) is 9.50 Å². The summed E-state index contributed by atoms with van der Waals surface area (Å²) < 4.78 is 1.73. The van der Waals surface area contributed by atoms with Crippen molar-refractivity contribution in [1.82, 2.24) is 19.5 Å². The molecule has 134 valence electrons. The maximum atomic E-state index is 12.9. The van der Waals surface area contributed by atoms with Crippen LogP contribution in [-0.4, -0.2) is 39.0 Å². The van der Waals surface area contributed by atoms with Crippen molar-refractivity contribution in [1.29, 1.82) is 0 Å². The molecule has 1 amide bonds. The lowest BCUT2D eigenvalue weighted by atomic mass is 10.1. The Morgan fingerprint density at radius 1 is 1.00 bits per heavy atom. The fourth-order valence-corrected chi connectivity index (χ4v) is 3.12. The lowest BCUT2D eigenvalue weighted by molar-refractivity contribution is 0.0798. The lowest BCUT2D eigenvalue weighted by Crippen LogP contribution is -2.28. The predicted molar refractivity (Wildman–Crippen MR) is 106 cm³/mol. The topological polar surface area (TPSA) is 50.5 Å². The van der Waals surface area contributed by atoms with E-state index in [9.17, 15) is 4.79 Å². The van der Waals surface area contributed by atoms with Crippen molar-refractivity contribution in [2.24, 2.45) is 0 Å². The Morgan fingerprint density at radius 2 is 1.70 bits per heavy atom. The molecule has 4 aromatic rings. The Hall–Kier alpha value is -3.47. The molecule has 0 aliphatic heterocycles. The third kappa shape index (κ3) is 3.44. The number of rotatable bonds is 5. The Morgan fingerprint density at radius 3 is 2.44 bits per heavy atom. The summed E-state index contributed by atoms with van der Waals surface area (Å²) in [6.45, 7) is 0.637. The summed E-state index contributed by atoms with van der Waals surface area (Å²) in [7, 11) is 1.82. The van der Waals surface area contributed by atoms with Crippen LogP contribution in [0.5, 0.6) is 0 Å². The van der Waals surface area contributed by atoms with Crippen molar-refractivity contribution in [3.05, 3.63) is 90.3 Å². The molecule has 0 unspecified atom stereocenters. The molecule has 27 heavy (non-hydrogen) atoms. The van der Waals surface area contributed by atoms with Gasteiger partial charge in [-0.2, -0.15) is 5.10 Å². The van der Waals surface area contributed by atoms with Crippen LogP contribution in [-0.2, 0) is 6.42 Å². The van der Waals surface area contributed by atoms with Gasteiger partial charge in [-0.15, -0.1) is 0 Å². The van der Waals surface area contributed by atoms with Gasteiger partial charge in [-0.3, -0.25) is 4.79 Å². The summed E-state index contributed by atoms with van der Waals surface area (Å²) in [5.41, 5.74) is 4.24. The minimum absolute atomic E-state index is 0.0707. The average Bonchev–Trinajstić information content (AvgIpc) is 3.17. The van der Waals surface area contributed by atoms with Gasteiger partial charge in [0.2, 0.25) is 0 Å². The van der Waals surface area contributed by atoms with Crippen LogP contribution in [0.25, 0.3) is 16.9 Å². The predicted octanol–water partition coefficient (Wildman–Crippen LogP) is 3.71. The zero-order valence-corrected chi connectivity index (χ0v) is 15.1. The maximum absolute atomic E-state index is 12.9. The largest absolute Gasteiger partial charge is 0.341 e. The fourth-order valence-electron chi connectivity index (χ4n) is 3.12. The molecule has 2 aromatic carbocycles. The van der Waals surface area contributed by atoms with Crippen LogP contribution < -0.4 is 0 Å². The highest BCUT2D eigenvalue weighted by Gasteiger charge is 2.19. The molecule has 0 radical (unpaired) electrons. The standard InChI is InChI=1S/C22H20N4O/c1-25(15-13-17-8-4-2-5-9-17)22(27)19-16-24-26-20(12-14-23-21(19)26)18-10-6-3-7-11-18/h2-12,14,16H,13,15H2,1H3. The monoisotopic (exact) mass is 356 g/mol. The van der Waals surface area contributed by atoms with Gasteiger partial charge in [0.15, 0.2) is 5.65 Å². The van der Waals surface area contributed by atoms with Gasteiger partial charge in [0, 0.05) is 25.4 Å². The van der Waals surface area contributed by atoms with Crippen molar-refractivity contribution in [2.45, 2.75) is 6.42 Å². The van der Waals surface area contributed by atoms with Gasteiger partial charge in [0.05, 0.1) is 11.9 Å². The highest BCUT2D eigenvalue weighted by Crippen LogP contribution is 2.21. The summed E-state index contributed by atoms with van der Waals surface area (Å²) >= 11 is 0. The number of hydrogen-bond donors (Lipinski definition) is 0. The van der Waals surface area contributed by atoms with E-state index in [1.54, 1.807) is 21.8 Å². The van der Waals surface area contributed by atoms with Gasteiger partial charge < -0.3 is 4.90 Å². The van der Waals surface area contributed by atoms with E-state index in [-0.39, 0.29) is 5.91 Å². The van der Waals surface area contributed by atoms with E-state index in [0.717, 1.165) is 17.7 Å². The van der Waals surface area contributed by atoms with Crippen molar-refractivity contribution in [3.63, 3.8) is 0 Å². The van der Waals surface area contributed by atoms with Crippen LogP contribution >= 0.6 is 0 Å². The SMILES string of the molecule is CN(CCc1ccccc1)C(=O)c1cnn2c(-c3ccccc3)ccnc12. The van der Waals surface area contributed by atoms with Crippen molar-refractivity contribution < 1.29 is 4.79 Å². The smallest absolute Gasteiger partial charge is 0.259 e. The number of fused-ring (bicyclic) bond motifs is 1. The van der Waals surface area contributed by atoms with E-state index in [4.69, 9.17) is 0 Å². The third-order valence-corrected chi connectivity index (χ3v) is 4.63. The molecule has 0 aliphatic rings. The van der Waals surface area contributed by atoms with Crippen molar-refractivity contribution in [3.8, 4) is 11.3 Å². The minimum atomic E-state index is -0.0707. The van der Waals surface area contributed by atoms with E-state index in [1.165, 1.54) is 5.56 Å². The first-order chi connectivity index (χ1) is 13.2. The molecular weight excluding hydrogens is 336 g/mol. The molecule has 0 fully saturated rings. The van der Waals surface area contributed by atoms with Gasteiger partial charge in [-0.05, 0) is 18.1 Å². The van der Waals surface area contributed by atoms with E-state index in [1.807, 2.05) is 61.6 Å². The quantitative estimate of drug-likeness (QED) is 0.548. The second-order valence-electron chi connectivity index (χ2n) is 6.45. The number of nitrogens with zero attached hydrogens (tertiary/aromatic N) is 4. The Bertz CT molecular complexity index is 1060. The van der Waals surface area contributed by atoms with Gasteiger partial charge >= 0.3 is 0 Å². The van der Waals surface area contributed by atoms with Crippen molar-refractivity contribution >= 4 is 11.6 Å². The Labute approximate surface area is 157 Å². The highest BCUT2D eigenvalue weighted by molar-refractivity contribution is 5.99. The third-order valence-electron chi connectivity index (χ3n) is 4.63. The zero-order chi connectivity index (χ0) is 18.6. The van der Waals surface area contributed by atoms with Crippen LogP contribution in [0.3, 0.4) is 0 Å². The van der Waals surface area contributed by atoms with E-state index in [0.29, 0.717) is 17.8 Å². The molecule has 0 saturated carbocycles. The number of likely N-dealkylation sites (N-methyl/N-ethyl adjacent to an activating group) is 1. The second-order valence-corrected chi connectivity index (χ2v) is 6.45. The fraction of sp³-hybridized carbons (Fsp3) is 0.136. The Balaban J connectivity index is 1.59. The first kappa shape index (κ1) is 17.0. The molecule has 0 saturated heterocycles. The molecule has 5 nitrogen and oxygen atoms in total. The molecule has 0 spiro atoms. The van der Waals surface area contributed by atoms with Crippen LogP contribution in [0, 0.1) is 0 Å². The molecule has 2 heterocycles. The first-order valence-corrected chi connectivity index (χ1v) is 8.91. The highest BCUT2D eigenvalue weighted by atomic mass is 16.2. The number of aromatic nitrogens is 3. The molecule has 0 atom stereocenters. The van der Waals surface area contributed by atoms with Crippen LogP contribution in [0.1, 0.15) is 15.9 Å². The lowest BCUT2D eigenvalue weighted by Gasteiger charge is -2.16. The molecule has 4 rings (SSSR count).